The van der Waals surface area contributed by atoms with E-state index in [1.54, 1.807) is 0 Å². The summed E-state index contributed by atoms with van der Waals surface area (Å²) in [5, 5.41) is 3.26. The van der Waals surface area contributed by atoms with E-state index in [2.05, 4.69) is 72.2 Å². The quantitative estimate of drug-likeness (QED) is 0.885. The molecule has 0 aliphatic heterocycles. The molecular weight excluding hydrogens is 276 g/mol. The minimum absolute atomic E-state index is 0.368. The third-order valence-corrected chi connectivity index (χ3v) is 4.23. The molecule has 0 fully saturated rings. The molecule has 96 valence electrons. The van der Waals surface area contributed by atoms with Crippen LogP contribution in [0.3, 0.4) is 0 Å². The SMILES string of the molecule is CCC(C)N(C)c1ccc(C(C)NC)c(Br)c1. The van der Waals surface area contributed by atoms with E-state index in [1.807, 2.05) is 7.05 Å². The van der Waals surface area contributed by atoms with Crippen molar-refractivity contribution in [3.05, 3.63) is 28.2 Å². The molecule has 2 atom stereocenters. The molecule has 1 N–H and O–H groups in total. The van der Waals surface area contributed by atoms with E-state index in [0.29, 0.717) is 12.1 Å². The van der Waals surface area contributed by atoms with E-state index in [-0.39, 0.29) is 0 Å². The molecule has 17 heavy (non-hydrogen) atoms. The van der Waals surface area contributed by atoms with Crippen LogP contribution in [0.5, 0.6) is 0 Å². The molecule has 1 aromatic rings. The summed E-state index contributed by atoms with van der Waals surface area (Å²) in [7, 11) is 4.13. The number of anilines is 1. The largest absolute Gasteiger partial charge is 0.372 e. The zero-order valence-corrected chi connectivity index (χ0v) is 13.0. The van der Waals surface area contributed by atoms with E-state index < -0.39 is 0 Å². The molecule has 0 aliphatic rings. The Hall–Kier alpha value is -0.540. The normalized spacial score (nSPS) is 14.5. The van der Waals surface area contributed by atoms with Gasteiger partial charge in [-0.25, -0.2) is 0 Å². The van der Waals surface area contributed by atoms with Gasteiger partial charge in [-0.05, 0) is 45.0 Å². The van der Waals surface area contributed by atoms with Crippen LogP contribution in [-0.4, -0.2) is 20.1 Å². The molecule has 2 nitrogen and oxygen atoms in total. The molecule has 3 heteroatoms. The van der Waals surface area contributed by atoms with Crippen LogP contribution in [0.4, 0.5) is 5.69 Å². The van der Waals surface area contributed by atoms with Crippen LogP contribution in [0.25, 0.3) is 0 Å². The van der Waals surface area contributed by atoms with E-state index in [4.69, 9.17) is 0 Å². The lowest BCUT2D eigenvalue weighted by atomic mass is 10.1. The van der Waals surface area contributed by atoms with Crippen molar-refractivity contribution in [1.82, 2.24) is 5.32 Å². The molecule has 0 spiro atoms. The molecule has 0 radical (unpaired) electrons. The first-order valence-corrected chi connectivity index (χ1v) is 7.00. The van der Waals surface area contributed by atoms with Gasteiger partial charge < -0.3 is 10.2 Å². The highest BCUT2D eigenvalue weighted by atomic mass is 79.9. The zero-order chi connectivity index (χ0) is 13.0. The fourth-order valence-corrected chi connectivity index (χ4v) is 2.48. The second-order valence-electron chi connectivity index (χ2n) is 4.58. The van der Waals surface area contributed by atoms with E-state index in [1.165, 1.54) is 15.7 Å². The Morgan fingerprint density at radius 2 is 2.00 bits per heavy atom. The number of nitrogens with zero attached hydrogens (tertiary/aromatic N) is 1. The predicted molar refractivity (Wildman–Crippen MR) is 79.8 cm³/mol. The van der Waals surface area contributed by atoms with Gasteiger partial charge in [0.25, 0.3) is 0 Å². The first-order valence-electron chi connectivity index (χ1n) is 6.20. The highest BCUT2D eigenvalue weighted by Gasteiger charge is 2.12. The molecule has 0 saturated carbocycles. The first kappa shape index (κ1) is 14.5. The smallest absolute Gasteiger partial charge is 0.0377 e. The van der Waals surface area contributed by atoms with Crippen molar-refractivity contribution in [2.45, 2.75) is 39.3 Å². The Labute approximate surface area is 114 Å². The molecular formula is C14H23BrN2. The summed E-state index contributed by atoms with van der Waals surface area (Å²) < 4.78 is 1.17. The molecule has 0 saturated heterocycles. The number of rotatable bonds is 5. The van der Waals surface area contributed by atoms with Crippen molar-refractivity contribution >= 4 is 21.6 Å². The maximum Gasteiger partial charge on any atom is 0.0377 e. The van der Waals surface area contributed by atoms with Crippen LogP contribution in [0, 0.1) is 0 Å². The summed E-state index contributed by atoms with van der Waals surface area (Å²) in [5.74, 6) is 0. The second kappa shape index (κ2) is 6.41. The van der Waals surface area contributed by atoms with E-state index in [9.17, 15) is 0 Å². The lowest BCUT2D eigenvalue weighted by molar-refractivity contribution is 0.647. The van der Waals surface area contributed by atoms with Gasteiger partial charge >= 0.3 is 0 Å². The van der Waals surface area contributed by atoms with Crippen molar-refractivity contribution < 1.29 is 0 Å². The number of halogens is 1. The van der Waals surface area contributed by atoms with Crippen LogP contribution in [0.2, 0.25) is 0 Å². The van der Waals surface area contributed by atoms with Gasteiger partial charge in [-0.3, -0.25) is 0 Å². The number of benzene rings is 1. The highest BCUT2D eigenvalue weighted by molar-refractivity contribution is 9.10. The van der Waals surface area contributed by atoms with Crippen molar-refractivity contribution in [3.63, 3.8) is 0 Å². The molecule has 0 amide bonds. The third kappa shape index (κ3) is 3.46. The predicted octanol–water partition coefficient (Wildman–Crippen LogP) is 3.96. The summed E-state index contributed by atoms with van der Waals surface area (Å²) in [4.78, 5) is 2.32. The summed E-state index contributed by atoms with van der Waals surface area (Å²) in [6, 6.07) is 7.52. The van der Waals surface area contributed by atoms with Gasteiger partial charge in [-0.15, -0.1) is 0 Å². The van der Waals surface area contributed by atoms with Gasteiger partial charge in [-0.2, -0.15) is 0 Å². The summed E-state index contributed by atoms with van der Waals surface area (Å²) in [6.45, 7) is 6.63. The molecule has 0 bridgehead atoms. The van der Waals surface area contributed by atoms with Crippen LogP contribution in [0.1, 0.15) is 38.8 Å². The summed E-state index contributed by atoms with van der Waals surface area (Å²) in [5.41, 5.74) is 2.56. The number of hydrogen-bond acceptors (Lipinski definition) is 2. The standard InChI is InChI=1S/C14H23BrN2/c1-6-10(2)17(5)12-7-8-13(11(3)16-4)14(15)9-12/h7-11,16H,6H2,1-5H3. The Kier molecular flexibility index (Phi) is 5.47. The molecule has 1 rings (SSSR count). The Morgan fingerprint density at radius 3 is 2.47 bits per heavy atom. The molecule has 2 unspecified atom stereocenters. The van der Waals surface area contributed by atoms with Crippen molar-refractivity contribution in [3.8, 4) is 0 Å². The molecule has 0 aliphatic carbocycles. The Balaban J connectivity index is 2.96. The van der Waals surface area contributed by atoms with E-state index in [0.717, 1.165) is 6.42 Å². The topological polar surface area (TPSA) is 15.3 Å². The van der Waals surface area contributed by atoms with Crippen LogP contribution >= 0.6 is 15.9 Å². The third-order valence-electron chi connectivity index (χ3n) is 3.54. The summed E-state index contributed by atoms with van der Waals surface area (Å²) in [6.07, 6.45) is 1.16. The second-order valence-corrected chi connectivity index (χ2v) is 5.44. The lowest BCUT2D eigenvalue weighted by Gasteiger charge is -2.27. The van der Waals surface area contributed by atoms with Gasteiger partial charge in [0.05, 0.1) is 0 Å². The minimum atomic E-state index is 0.368. The zero-order valence-electron chi connectivity index (χ0n) is 11.4. The fourth-order valence-electron chi connectivity index (χ4n) is 1.77. The number of nitrogens with one attached hydrogen (secondary N) is 1. The Bertz CT molecular complexity index is 365. The molecule has 0 aromatic heterocycles. The maximum absolute atomic E-state index is 3.66. The average molecular weight is 299 g/mol. The average Bonchev–Trinajstić information content (AvgIpc) is 2.35. The van der Waals surface area contributed by atoms with Crippen LogP contribution in [-0.2, 0) is 0 Å². The van der Waals surface area contributed by atoms with Gasteiger partial charge in [0.15, 0.2) is 0 Å². The summed E-state index contributed by atoms with van der Waals surface area (Å²) >= 11 is 3.66. The Morgan fingerprint density at radius 1 is 1.35 bits per heavy atom. The van der Waals surface area contributed by atoms with Crippen molar-refractivity contribution in [2.75, 3.05) is 19.0 Å². The van der Waals surface area contributed by atoms with Crippen LogP contribution in [0.15, 0.2) is 22.7 Å². The van der Waals surface area contributed by atoms with Crippen LogP contribution < -0.4 is 10.2 Å². The monoisotopic (exact) mass is 298 g/mol. The maximum atomic E-state index is 3.66. The van der Waals surface area contributed by atoms with Crippen molar-refractivity contribution in [1.29, 1.82) is 0 Å². The van der Waals surface area contributed by atoms with E-state index >= 15 is 0 Å². The van der Waals surface area contributed by atoms with Gasteiger partial charge in [0.1, 0.15) is 0 Å². The fraction of sp³-hybridized carbons (Fsp3) is 0.571. The van der Waals surface area contributed by atoms with Gasteiger partial charge in [0, 0.05) is 29.3 Å². The molecule has 1 aromatic carbocycles. The van der Waals surface area contributed by atoms with Gasteiger partial charge in [-0.1, -0.05) is 28.9 Å². The lowest BCUT2D eigenvalue weighted by Crippen LogP contribution is -2.28. The van der Waals surface area contributed by atoms with Crippen molar-refractivity contribution in [2.24, 2.45) is 0 Å². The minimum Gasteiger partial charge on any atom is -0.372 e. The highest BCUT2D eigenvalue weighted by Crippen LogP contribution is 2.28. The van der Waals surface area contributed by atoms with Gasteiger partial charge in [0.2, 0.25) is 0 Å². The first-order chi connectivity index (χ1) is 8.01. The molecule has 0 heterocycles. The number of hydrogen-bond donors (Lipinski definition) is 1.